The number of imidazole rings is 1. The van der Waals surface area contributed by atoms with E-state index in [1.807, 2.05) is 41.0 Å². The zero-order valence-electron chi connectivity index (χ0n) is 11.4. The first-order valence-corrected chi connectivity index (χ1v) is 6.79. The van der Waals surface area contributed by atoms with Crippen LogP contribution in [0.15, 0.2) is 48.8 Å². The molecule has 0 bridgehead atoms. The second kappa shape index (κ2) is 5.75. The molecule has 1 aromatic carbocycles. The minimum Gasteiger partial charge on any atom is -0.481 e. The van der Waals surface area contributed by atoms with Crippen LogP contribution in [0.1, 0.15) is 17.9 Å². The Kier molecular flexibility index (Phi) is 3.64. The second-order valence-electron chi connectivity index (χ2n) is 4.85. The largest absolute Gasteiger partial charge is 0.481 e. The van der Waals surface area contributed by atoms with Crippen molar-refractivity contribution in [1.82, 2.24) is 14.5 Å². The summed E-state index contributed by atoms with van der Waals surface area (Å²) in [5.41, 5.74) is 1.88. The highest BCUT2D eigenvalue weighted by atomic mass is 16.4. The van der Waals surface area contributed by atoms with E-state index in [2.05, 4.69) is 9.97 Å². The van der Waals surface area contributed by atoms with Crippen LogP contribution in [0.5, 0.6) is 0 Å². The number of para-hydroxylation sites is 1. The molecule has 3 aromatic rings. The van der Waals surface area contributed by atoms with E-state index < -0.39 is 5.97 Å². The number of hydrogen-bond acceptors (Lipinski definition) is 3. The highest BCUT2D eigenvalue weighted by molar-refractivity contribution is 5.78. The number of benzene rings is 1. The van der Waals surface area contributed by atoms with Crippen molar-refractivity contribution < 1.29 is 9.90 Å². The van der Waals surface area contributed by atoms with Crippen LogP contribution in [-0.2, 0) is 17.8 Å². The van der Waals surface area contributed by atoms with E-state index in [9.17, 15) is 4.79 Å². The number of fused-ring (bicyclic) bond motifs is 1. The van der Waals surface area contributed by atoms with Crippen LogP contribution in [0.4, 0.5) is 0 Å². The first-order chi connectivity index (χ1) is 10.2. The van der Waals surface area contributed by atoms with E-state index in [0.717, 1.165) is 22.4 Å². The van der Waals surface area contributed by atoms with Crippen LogP contribution in [-0.4, -0.2) is 25.6 Å². The molecule has 0 fully saturated rings. The van der Waals surface area contributed by atoms with Gasteiger partial charge in [0, 0.05) is 36.4 Å². The number of aliphatic carboxylic acids is 1. The third-order valence-electron chi connectivity index (χ3n) is 3.36. The van der Waals surface area contributed by atoms with Gasteiger partial charge in [-0.25, -0.2) is 4.98 Å². The van der Waals surface area contributed by atoms with Gasteiger partial charge in [0.25, 0.3) is 0 Å². The molecule has 0 saturated heterocycles. The lowest BCUT2D eigenvalue weighted by Crippen LogP contribution is -2.08. The smallest absolute Gasteiger partial charge is 0.305 e. The molecule has 2 aromatic heterocycles. The van der Waals surface area contributed by atoms with Gasteiger partial charge in [0.1, 0.15) is 5.82 Å². The van der Waals surface area contributed by atoms with Gasteiger partial charge in [-0.3, -0.25) is 9.78 Å². The molecule has 1 N–H and O–H groups in total. The normalized spacial score (nSPS) is 10.9. The SMILES string of the molecule is O=C(O)CCn1ccnc1Cc1ccc2ccccc2n1. The van der Waals surface area contributed by atoms with E-state index in [0.29, 0.717) is 13.0 Å². The molecule has 0 radical (unpaired) electrons. The maximum Gasteiger partial charge on any atom is 0.305 e. The quantitative estimate of drug-likeness (QED) is 0.780. The Morgan fingerprint density at radius 1 is 1.19 bits per heavy atom. The van der Waals surface area contributed by atoms with Gasteiger partial charge in [0.2, 0.25) is 0 Å². The fraction of sp³-hybridized carbons (Fsp3) is 0.188. The van der Waals surface area contributed by atoms with Crippen LogP contribution in [0.2, 0.25) is 0 Å². The fourth-order valence-corrected chi connectivity index (χ4v) is 2.30. The molecule has 0 amide bonds. The number of aromatic nitrogens is 3. The summed E-state index contributed by atoms with van der Waals surface area (Å²) in [5.74, 6) is 0.0255. The number of nitrogens with zero attached hydrogens (tertiary/aromatic N) is 3. The predicted octanol–water partition coefficient (Wildman–Crippen LogP) is 2.50. The summed E-state index contributed by atoms with van der Waals surface area (Å²) < 4.78 is 1.87. The minimum absolute atomic E-state index is 0.0918. The average molecular weight is 281 g/mol. The predicted molar refractivity (Wildman–Crippen MR) is 79.0 cm³/mol. The zero-order chi connectivity index (χ0) is 14.7. The number of aryl methyl sites for hydroxylation is 1. The molecular formula is C16H15N3O2. The number of hydrogen-bond donors (Lipinski definition) is 1. The second-order valence-corrected chi connectivity index (χ2v) is 4.85. The average Bonchev–Trinajstić information content (AvgIpc) is 2.92. The van der Waals surface area contributed by atoms with Gasteiger partial charge in [-0.1, -0.05) is 24.3 Å². The molecule has 2 heterocycles. The summed E-state index contributed by atoms with van der Waals surface area (Å²) >= 11 is 0. The maximum absolute atomic E-state index is 10.7. The van der Waals surface area contributed by atoms with Gasteiger partial charge in [-0.2, -0.15) is 0 Å². The van der Waals surface area contributed by atoms with E-state index in [4.69, 9.17) is 5.11 Å². The van der Waals surface area contributed by atoms with Gasteiger partial charge in [-0.05, 0) is 12.1 Å². The van der Waals surface area contributed by atoms with Crippen molar-refractivity contribution in [3.63, 3.8) is 0 Å². The third kappa shape index (κ3) is 3.08. The Morgan fingerprint density at radius 3 is 2.90 bits per heavy atom. The molecule has 0 saturated carbocycles. The molecule has 0 aliphatic heterocycles. The van der Waals surface area contributed by atoms with E-state index in [1.54, 1.807) is 12.4 Å². The van der Waals surface area contributed by atoms with Crippen LogP contribution >= 0.6 is 0 Å². The minimum atomic E-state index is -0.807. The van der Waals surface area contributed by atoms with Crippen LogP contribution in [0, 0.1) is 0 Å². The standard InChI is InChI=1S/C16H15N3O2/c20-16(21)7-9-19-10-8-17-15(19)11-13-6-5-12-3-1-2-4-14(12)18-13/h1-6,8,10H,7,9,11H2,(H,20,21). The number of pyridine rings is 1. The summed E-state index contributed by atoms with van der Waals surface area (Å²) in [5, 5.41) is 9.87. The molecule has 0 atom stereocenters. The van der Waals surface area contributed by atoms with Crippen molar-refractivity contribution in [2.45, 2.75) is 19.4 Å². The van der Waals surface area contributed by atoms with E-state index >= 15 is 0 Å². The van der Waals surface area contributed by atoms with E-state index in [-0.39, 0.29) is 6.42 Å². The number of carboxylic acid groups (broad SMARTS) is 1. The van der Waals surface area contributed by atoms with Crippen LogP contribution < -0.4 is 0 Å². The summed E-state index contributed by atoms with van der Waals surface area (Å²) in [4.78, 5) is 19.6. The fourth-order valence-electron chi connectivity index (χ4n) is 2.30. The zero-order valence-corrected chi connectivity index (χ0v) is 11.4. The van der Waals surface area contributed by atoms with Gasteiger partial charge in [0.05, 0.1) is 11.9 Å². The topological polar surface area (TPSA) is 68.0 Å². The van der Waals surface area contributed by atoms with Crippen molar-refractivity contribution in [3.8, 4) is 0 Å². The Balaban J connectivity index is 1.82. The third-order valence-corrected chi connectivity index (χ3v) is 3.36. The first kappa shape index (κ1) is 13.3. The highest BCUT2D eigenvalue weighted by Gasteiger charge is 2.07. The maximum atomic E-state index is 10.7. The Labute approximate surface area is 121 Å². The monoisotopic (exact) mass is 281 g/mol. The van der Waals surface area contributed by atoms with Gasteiger partial charge < -0.3 is 9.67 Å². The molecule has 5 heteroatoms. The van der Waals surface area contributed by atoms with Gasteiger partial charge in [0.15, 0.2) is 0 Å². The summed E-state index contributed by atoms with van der Waals surface area (Å²) in [6, 6.07) is 12.0. The van der Waals surface area contributed by atoms with E-state index in [1.165, 1.54) is 0 Å². The van der Waals surface area contributed by atoms with Crippen molar-refractivity contribution >= 4 is 16.9 Å². The molecule has 3 rings (SSSR count). The molecule has 106 valence electrons. The lowest BCUT2D eigenvalue weighted by atomic mass is 10.2. The molecule has 0 unspecified atom stereocenters. The van der Waals surface area contributed by atoms with Crippen LogP contribution in [0.3, 0.4) is 0 Å². The number of carboxylic acids is 1. The highest BCUT2D eigenvalue weighted by Crippen LogP contribution is 2.14. The first-order valence-electron chi connectivity index (χ1n) is 6.79. The molecule has 0 spiro atoms. The Bertz CT molecular complexity index is 780. The van der Waals surface area contributed by atoms with Crippen molar-refractivity contribution in [2.24, 2.45) is 0 Å². The Morgan fingerprint density at radius 2 is 2.05 bits per heavy atom. The van der Waals surface area contributed by atoms with Crippen molar-refractivity contribution in [3.05, 3.63) is 60.3 Å². The molecule has 21 heavy (non-hydrogen) atoms. The summed E-state index contributed by atoms with van der Waals surface area (Å²) in [6.45, 7) is 0.429. The number of rotatable bonds is 5. The molecule has 0 aliphatic carbocycles. The summed E-state index contributed by atoms with van der Waals surface area (Å²) in [7, 11) is 0. The molecular weight excluding hydrogens is 266 g/mol. The summed E-state index contributed by atoms with van der Waals surface area (Å²) in [6.07, 6.45) is 4.18. The van der Waals surface area contributed by atoms with Gasteiger partial charge in [-0.15, -0.1) is 0 Å². The molecule has 5 nitrogen and oxygen atoms in total. The van der Waals surface area contributed by atoms with Crippen LogP contribution in [0.25, 0.3) is 10.9 Å². The van der Waals surface area contributed by atoms with Gasteiger partial charge >= 0.3 is 5.97 Å². The Hall–Kier alpha value is -2.69. The lowest BCUT2D eigenvalue weighted by Gasteiger charge is -2.07. The lowest BCUT2D eigenvalue weighted by molar-refractivity contribution is -0.137. The van der Waals surface area contributed by atoms with Crippen molar-refractivity contribution in [2.75, 3.05) is 0 Å². The van der Waals surface area contributed by atoms with Crippen molar-refractivity contribution in [1.29, 1.82) is 0 Å². The number of carbonyl (C=O) groups is 1. The molecule has 0 aliphatic rings.